The van der Waals surface area contributed by atoms with Crippen molar-refractivity contribution < 1.29 is 27.9 Å². The number of carbonyl (C=O) groups is 2. The van der Waals surface area contributed by atoms with Gasteiger partial charge in [0.15, 0.2) is 17.5 Å². The van der Waals surface area contributed by atoms with Crippen molar-refractivity contribution in [1.82, 2.24) is 4.90 Å². The summed E-state index contributed by atoms with van der Waals surface area (Å²) in [6.07, 6.45) is 0.510. The van der Waals surface area contributed by atoms with Crippen LogP contribution >= 0.6 is 0 Å². The molecule has 0 spiro atoms. The van der Waals surface area contributed by atoms with E-state index in [4.69, 9.17) is 5.11 Å². The first-order chi connectivity index (χ1) is 9.81. The second-order valence-corrected chi connectivity index (χ2v) is 4.93. The molecule has 1 fully saturated rings. The molecule has 1 aromatic carbocycles. The van der Waals surface area contributed by atoms with Crippen molar-refractivity contribution >= 4 is 17.7 Å². The second kappa shape index (κ2) is 5.63. The molecule has 0 aliphatic carbocycles. The van der Waals surface area contributed by atoms with E-state index in [1.165, 1.54) is 0 Å². The molecule has 2 N–H and O–H groups in total. The monoisotopic (exact) mass is 302 g/mol. The molecular weight excluding hydrogens is 289 g/mol. The zero-order valence-corrected chi connectivity index (χ0v) is 11.1. The van der Waals surface area contributed by atoms with E-state index >= 15 is 0 Å². The zero-order chi connectivity index (χ0) is 15.7. The predicted molar refractivity (Wildman–Crippen MR) is 67.2 cm³/mol. The Morgan fingerprint density at radius 1 is 1.29 bits per heavy atom. The van der Waals surface area contributed by atoms with Gasteiger partial charge in [-0.3, -0.25) is 0 Å². The van der Waals surface area contributed by atoms with Crippen LogP contribution in [-0.2, 0) is 4.79 Å². The van der Waals surface area contributed by atoms with Crippen LogP contribution in [0, 0.1) is 23.4 Å². The second-order valence-electron chi connectivity index (χ2n) is 4.93. The Morgan fingerprint density at radius 2 is 1.86 bits per heavy atom. The van der Waals surface area contributed by atoms with E-state index in [1.807, 2.05) is 0 Å². The van der Waals surface area contributed by atoms with Crippen molar-refractivity contribution in [3.05, 3.63) is 29.6 Å². The molecular formula is C13H13F3N2O3. The fourth-order valence-corrected chi connectivity index (χ4v) is 2.37. The number of nitrogens with zero attached hydrogens (tertiary/aromatic N) is 1. The van der Waals surface area contributed by atoms with Crippen molar-refractivity contribution in [1.29, 1.82) is 0 Å². The molecule has 2 unspecified atom stereocenters. The van der Waals surface area contributed by atoms with Gasteiger partial charge in [0.2, 0.25) is 0 Å². The number of nitrogens with one attached hydrogen (secondary N) is 1. The summed E-state index contributed by atoms with van der Waals surface area (Å²) in [5, 5.41) is 11.3. The van der Waals surface area contributed by atoms with E-state index in [9.17, 15) is 22.8 Å². The van der Waals surface area contributed by atoms with Gasteiger partial charge in [-0.15, -0.1) is 0 Å². The maximum atomic E-state index is 13.1. The summed E-state index contributed by atoms with van der Waals surface area (Å²) in [5.41, 5.74) is -0.278. The molecule has 2 rings (SSSR count). The normalized spacial score (nSPS) is 21.4. The summed E-state index contributed by atoms with van der Waals surface area (Å²) in [6.45, 7) is 1.92. The summed E-state index contributed by atoms with van der Waals surface area (Å²) in [5.74, 6) is -5.88. The molecule has 1 aromatic rings. The van der Waals surface area contributed by atoms with Crippen LogP contribution in [0.25, 0.3) is 0 Å². The van der Waals surface area contributed by atoms with Gasteiger partial charge in [0.25, 0.3) is 0 Å². The van der Waals surface area contributed by atoms with E-state index in [0.717, 1.165) is 4.90 Å². The maximum absolute atomic E-state index is 13.1. The van der Waals surface area contributed by atoms with E-state index in [1.54, 1.807) is 6.92 Å². The summed E-state index contributed by atoms with van der Waals surface area (Å²) in [4.78, 5) is 24.2. The Labute approximate surface area is 118 Å². The van der Waals surface area contributed by atoms with Crippen LogP contribution in [0.15, 0.2) is 12.1 Å². The molecule has 1 aliphatic rings. The van der Waals surface area contributed by atoms with Crippen LogP contribution in [0.5, 0.6) is 0 Å². The van der Waals surface area contributed by atoms with Gasteiger partial charge in [0, 0.05) is 24.4 Å². The third-order valence-corrected chi connectivity index (χ3v) is 3.45. The van der Waals surface area contributed by atoms with Crippen LogP contribution in [-0.4, -0.2) is 34.6 Å². The number of urea groups is 1. The fourth-order valence-electron chi connectivity index (χ4n) is 2.37. The minimum Gasteiger partial charge on any atom is -0.480 e. The van der Waals surface area contributed by atoms with Gasteiger partial charge >= 0.3 is 12.0 Å². The van der Waals surface area contributed by atoms with Crippen LogP contribution in [0.3, 0.4) is 0 Å². The highest BCUT2D eigenvalue weighted by atomic mass is 19.2. The summed E-state index contributed by atoms with van der Waals surface area (Å²) >= 11 is 0. The highest BCUT2D eigenvalue weighted by Crippen LogP contribution is 2.25. The lowest BCUT2D eigenvalue weighted by molar-refractivity contribution is -0.142. The van der Waals surface area contributed by atoms with Gasteiger partial charge < -0.3 is 15.3 Å². The Bertz CT molecular complexity index is 571. The number of likely N-dealkylation sites (tertiary alicyclic amines) is 1. The van der Waals surface area contributed by atoms with Crippen molar-refractivity contribution in [2.45, 2.75) is 19.4 Å². The largest absolute Gasteiger partial charge is 0.480 e. The zero-order valence-electron chi connectivity index (χ0n) is 11.1. The number of anilines is 1. The van der Waals surface area contributed by atoms with E-state index in [2.05, 4.69) is 5.32 Å². The van der Waals surface area contributed by atoms with Gasteiger partial charge in [-0.1, -0.05) is 6.92 Å². The van der Waals surface area contributed by atoms with Gasteiger partial charge in [0.1, 0.15) is 6.04 Å². The average Bonchev–Trinajstić information content (AvgIpc) is 2.78. The average molecular weight is 302 g/mol. The van der Waals surface area contributed by atoms with E-state index < -0.39 is 35.5 Å². The Kier molecular flexibility index (Phi) is 4.06. The number of hydrogen-bond acceptors (Lipinski definition) is 2. The number of carboxylic acid groups (broad SMARTS) is 1. The van der Waals surface area contributed by atoms with Gasteiger partial charge in [-0.25, -0.2) is 22.8 Å². The lowest BCUT2D eigenvalue weighted by Gasteiger charge is -2.23. The first-order valence-electron chi connectivity index (χ1n) is 6.26. The van der Waals surface area contributed by atoms with Crippen LogP contribution in [0.4, 0.5) is 23.7 Å². The van der Waals surface area contributed by atoms with Crippen molar-refractivity contribution in [3.63, 3.8) is 0 Å². The molecule has 8 heteroatoms. The van der Waals surface area contributed by atoms with Gasteiger partial charge in [0.05, 0.1) is 0 Å². The quantitative estimate of drug-likeness (QED) is 0.824. The van der Waals surface area contributed by atoms with Gasteiger partial charge in [-0.2, -0.15) is 0 Å². The summed E-state index contributed by atoms with van der Waals surface area (Å²) < 4.78 is 38.9. The molecule has 1 heterocycles. The van der Waals surface area contributed by atoms with Crippen molar-refractivity contribution in [3.8, 4) is 0 Å². The molecule has 114 valence electrons. The lowest BCUT2D eigenvalue weighted by atomic mass is 10.0. The number of rotatable bonds is 2. The molecule has 2 atom stereocenters. The molecule has 1 aliphatic heterocycles. The SMILES string of the molecule is CC1CCN(C(=O)Nc2cc(F)c(F)c(F)c2)C1C(=O)O. The van der Waals surface area contributed by atoms with E-state index in [-0.39, 0.29) is 18.2 Å². The number of hydrogen-bond donors (Lipinski definition) is 2. The Hall–Kier alpha value is -2.25. The minimum atomic E-state index is -1.63. The number of carboxylic acids is 1. The van der Waals surface area contributed by atoms with Crippen molar-refractivity contribution in [2.24, 2.45) is 5.92 Å². The maximum Gasteiger partial charge on any atom is 0.326 e. The molecule has 21 heavy (non-hydrogen) atoms. The number of aliphatic carboxylic acids is 1. The third kappa shape index (κ3) is 2.93. The highest BCUT2D eigenvalue weighted by molar-refractivity contribution is 5.92. The van der Waals surface area contributed by atoms with Crippen LogP contribution in [0.2, 0.25) is 0 Å². The smallest absolute Gasteiger partial charge is 0.326 e. The van der Waals surface area contributed by atoms with Crippen LogP contribution in [0.1, 0.15) is 13.3 Å². The molecule has 5 nitrogen and oxygen atoms in total. The molecule has 2 amide bonds. The lowest BCUT2D eigenvalue weighted by Crippen LogP contribution is -2.44. The Morgan fingerprint density at radius 3 is 2.38 bits per heavy atom. The standard InChI is InChI=1S/C13H13F3N2O3/c1-6-2-3-18(11(6)12(19)20)13(21)17-7-4-8(14)10(16)9(15)5-7/h4-6,11H,2-3H2,1H3,(H,17,21)(H,19,20). The Balaban J connectivity index is 2.17. The van der Waals surface area contributed by atoms with Crippen molar-refractivity contribution in [2.75, 3.05) is 11.9 Å². The minimum absolute atomic E-state index is 0.218. The highest BCUT2D eigenvalue weighted by Gasteiger charge is 2.39. The topological polar surface area (TPSA) is 69.6 Å². The molecule has 1 saturated heterocycles. The summed E-state index contributed by atoms with van der Waals surface area (Å²) in [7, 11) is 0. The van der Waals surface area contributed by atoms with Gasteiger partial charge in [-0.05, 0) is 12.3 Å². The third-order valence-electron chi connectivity index (χ3n) is 3.45. The molecule has 0 saturated carbocycles. The fraction of sp³-hybridized carbons (Fsp3) is 0.385. The molecule has 0 radical (unpaired) electrons. The number of halogens is 3. The van der Waals surface area contributed by atoms with E-state index in [0.29, 0.717) is 18.6 Å². The number of carbonyl (C=O) groups excluding carboxylic acids is 1. The molecule has 0 aromatic heterocycles. The van der Waals surface area contributed by atoms with Crippen LogP contribution < -0.4 is 5.32 Å². The first kappa shape index (κ1) is 15.1. The first-order valence-corrected chi connectivity index (χ1v) is 6.26. The number of amides is 2. The summed E-state index contributed by atoms with van der Waals surface area (Å²) in [6, 6.07) is -0.533. The predicted octanol–water partition coefficient (Wildman–Crippen LogP) is 2.43. The molecule has 0 bridgehead atoms. The number of benzene rings is 1.